The maximum Gasteiger partial charge on any atom is 0.119 e. The zero-order valence-corrected chi connectivity index (χ0v) is 10.7. The molecule has 88 valence electrons. The lowest BCUT2D eigenvalue weighted by atomic mass is 10.2. The van der Waals surface area contributed by atoms with Crippen molar-refractivity contribution in [1.29, 1.82) is 0 Å². The highest BCUT2D eigenvalue weighted by Gasteiger charge is 2.21. The molecule has 0 amide bonds. The van der Waals surface area contributed by atoms with Gasteiger partial charge in [0.05, 0.1) is 6.61 Å². The van der Waals surface area contributed by atoms with E-state index in [1.165, 1.54) is 17.9 Å². The van der Waals surface area contributed by atoms with Crippen LogP contribution in [0.15, 0.2) is 24.3 Å². The van der Waals surface area contributed by atoms with Crippen molar-refractivity contribution in [2.45, 2.75) is 31.6 Å². The average molecular weight is 237 g/mol. The zero-order chi connectivity index (χ0) is 11.4. The highest BCUT2D eigenvalue weighted by atomic mass is 32.2. The summed E-state index contributed by atoms with van der Waals surface area (Å²) in [6.45, 7) is 5.03. The van der Waals surface area contributed by atoms with E-state index in [4.69, 9.17) is 4.74 Å². The molecule has 0 saturated carbocycles. The molecule has 0 radical (unpaired) electrons. The minimum atomic E-state index is 0.623. The summed E-state index contributed by atoms with van der Waals surface area (Å²) in [4.78, 5) is 0. The summed E-state index contributed by atoms with van der Waals surface area (Å²) in [6, 6.07) is 8.87. The smallest absolute Gasteiger partial charge is 0.119 e. The van der Waals surface area contributed by atoms with Crippen LogP contribution in [0.25, 0.3) is 0 Å². The number of ether oxygens (including phenoxy) is 1. The quantitative estimate of drug-likeness (QED) is 0.867. The predicted molar refractivity (Wildman–Crippen MR) is 71.6 cm³/mol. The third-order valence-corrected chi connectivity index (χ3v) is 4.09. The molecule has 2 atom stereocenters. The Morgan fingerprint density at radius 3 is 2.69 bits per heavy atom. The van der Waals surface area contributed by atoms with E-state index in [9.17, 15) is 0 Å². The molecule has 1 aromatic carbocycles. The van der Waals surface area contributed by atoms with Gasteiger partial charge in [-0.3, -0.25) is 0 Å². The van der Waals surface area contributed by atoms with E-state index in [0.717, 1.165) is 17.6 Å². The Balaban J connectivity index is 1.89. The summed E-state index contributed by atoms with van der Waals surface area (Å²) in [5, 5.41) is 4.36. The monoisotopic (exact) mass is 237 g/mol. The first kappa shape index (κ1) is 11.6. The number of anilines is 1. The summed E-state index contributed by atoms with van der Waals surface area (Å²) >= 11 is 2.05. The summed E-state index contributed by atoms with van der Waals surface area (Å²) in [5.74, 6) is 2.16. The minimum Gasteiger partial charge on any atom is -0.494 e. The van der Waals surface area contributed by atoms with Crippen LogP contribution in [-0.2, 0) is 0 Å². The van der Waals surface area contributed by atoms with Crippen molar-refractivity contribution in [2.75, 3.05) is 17.7 Å². The van der Waals surface area contributed by atoms with Crippen LogP contribution in [0.1, 0.15) is 20.3 Å². The number of thioether (sulfide) groups is 1. The summed E-state index contributed by atoms with van der Waals surface area (Å²) in [6.07, 6.45) is 1.26. The molecular formula is C13H19NOS. The Labute approximate surface area is 102 Å². The van der Waals surface area contributed by atoms with Gasteiger partial charge in [-0.05, 0) is 37.6 Å². The largest absolute Gasteiger partial charge is 0.494 e. The van der Waals surface area contributed by atoms with Crippen molar-refractivity contribution in [3.05, 3.63) is 24.3 Å². The summed E-state index contributed by atoms with van der Waals surface area (Å²) in [7, 11) is 0. The number of benzene rings is 1. The molecule has 1 saturated heterocycles. The lowest BCUT2D eigenvalue weighted by molar-refractivity contribution is 0.340. The molecule has 0 aliphatic carbocycles. The van der Waals surface area contributed by atoms with Gasteiger partial charge in [0.1, 0.15) is 5.75 Å². The number of hydrogen-bond acceptors (Lipinski definition) is 3. The van der Waals surface area contributed by atoms with Gasteiger partial charge in [-0.1, -0.05) is 6.92 Å². The Hall–Kier alpha value is -0.830. The highest BCUT2D eigenvalue weighted by Crippen LogP contribution is 2.28. The minimum absolute atomic E-state index is 0.623. The first-order valence-electron chi connectivity index (χ1n) is 5.89. The van der Waals surface area contributed by atoms with Crippen molar-refractivity contribution < 1.29 is 4.74 Å². The second kappa shape index (κ2) is 5.48. The van der Waals surface area contributed by atoms with Gasteiger partial charge in [0.15, 0.2) is 0 Å². The SMILES string of the molecule is CCOc1ccc(NC2CSC(C)C2)cc1. The molecule has 16 heavy (non-hydrogen) atoms. The zero-order valence-electron chi connectivity index (χ0n) is 9.90. The van der Waals surface area contributed by atoms with Crippen molar-refractivity contribution in [1.82, 2.24) is 0 Å². The van der Waals surface area contributed by atoms with Gasteiger partial charge < -0.3 is 10.1 Å². The normalized spacial score (nSPS) is 24.4. The highest BCUT2D eigenvalue weighted by molar-refractivity contribution is 8.00. The predicted octanol–water partition coefficient (Wildman–Crippen LogP) is 3.39. The molecule has 1 aromatic rings. The van der Waals surface area contributed by atoms with E-state index in [1.807, 2.05) is 30.8 Å². The van der Waals surface area contributed by atoms with Gasteiger partial charge >= 0.3 is 0 Å². The first-order valence-corrected chi connectivity index (χ1v) is 6.94. The van der Waals surface area contributed by atoms with Crippen LogP contribution in [0, 0.1) is 0 Å². The van der Waals surface area contributed by atoms with Gasteiger partial charge in [0, 0.05) is 22.7 Å². The van der Waals surface area contributed by atoms with Crippen molar-refractivity contribution in [3.63, 3.8) is 0 Å². The van der Waals surface area contributed by atoms with Crippen LogP contribution in [0.5, 0.6) is 5.75 Å². The fourth-order valence-electron chi connectivity index (χ4n) is 1.97. The van der Waals surface area contributed by atoms with E-state index in [-0.39, 0.29) is 0 Å². The van der Waals surface area contributed by atoms with E-state index < -0.39 is 0 Å². The Morgan fingerprint density at radius 2 is 2.12 bits per heavy atom. The second-order valence-electron chi connectivity index (χ2n) is 4.18. The van der Waals surface area contributed by atoms with Crippen LogP contribution in [0.2, 0.25) is 0 Å². The summed E-state index contributed by atoms with van der Waals surface area (Å²) < 4.78 is 5.42. The molecule has 0 spiro atoms. The summed E-state index contributed by atoms with van der Waals surface area (Å²) in [5.41, 5.74) is 1.20. The fourth-order valence-corrected chi connectivity index (χ4v) is 3.12. The van der Waals surface area contributed by atoms with Gasteiger partial charge in [0.2, 0.25) is 0 Å². The molecule has 1 N–H and O–H groups in total. The van der Waals surface area contributed by atoms with Crippen molar-refractivity contribution in [3.8, 4) is 5.75 Å². The van der Waals surface area contributed by atoms with Crippen LogP contribution >= 0.6 is 11.8 Å². The van der Waals surface area contributed by atoms with Crippen LogP contribution < -0.4 is 10.1 Å². The van der Waals surface area contributed by atoms with Gasteiger partial charge in [-0.2, -0.15) is 11.8 Å². The topological polar surface area (TPSA) is 21.3 Å². The number of nitrogens with one attached hydrogen (secondary N) is 1. The van der Waals surface area contributed by atoms with Crippen LogP contribution in [0.4, 0.5) is 5.69 Å². The molecule has 2 unspecified atom stereocenters. The molecule has 1 fully saturated rings. The van der Waals surface area contributed by atoms with Gasteiger partial charge in [-0.15, -0.1) is 0 Å². The molecule has 3 heteroatoms. The molecule has 1 heterocycles. The maximum atomic E-state index is 5.42. The standard InChI is InChI=1S/C13H19NOS/c1-3-15-13-6-4-11(5-7-13)14-12-8-10(2)16-9-12/h4-7,10,12,14H,3,8-9H2,1-2H3. The average Bonchev–Trinajstić information content (AvgIpc) is 2.67. The van der Waals surface area contributed by atoms with Crippen LogP contribution in [0.3, 0.4) is 0 Å². The van der Waals surface area contributed by atoms with Crippen LogP contribution in [-0.4, -0.2) is 23.7 Å². The van der Waals surface area contributed by atoms with E-state index in [2.05, 4.69) is 24.4 Å². The molecule has 2 nitrogen and oxygen atoms in total. The van der Waals surface area contributed by atoms with E-state index in [1.54, 1.807) is 0 Å². The van der Waals surface area contributed by atoms with E-state index in [0.29, 0.717) is 6.04 Å². The molecular weight excluding hydrogens is 218 g/mol. The van der Waals surface area contributed by atoms with Crippen molar-refractivity contribution in [2.24, 2.45) is 0 Å². The first-order chi connectivity index (χ1) is 7.78. The third-order valence-electron chi connectivity index (χ3n) is 2.73. The fraction of sp³-hybridized carbons (Fsp3) is 0.538. The molecule has 1 aliphatic heterocycles. The molecule has 0 aromatic heterocycles. The number of rotatable bonds is 4. The van der Waals surface area contributed by atoms with Crippen molar-refractivity contribution >= 4 is 17.4 Å². The maximum absolute atomic E-state index is 5.42. The van der Waals surface area contributed by atoms with Gasteiger partial charge in [0.25, 0.3) is 0 Å². The Bertz CT molecular complexity index is 325. The lowest BCUT2D eigenvalue weighted by Gasteiger charge is -2.13. The van der Waals surface area contributed by atoms with Gasteiger partial charge in [-0.25, -0.2) is 0 Å². The van der Waals surface area contributed by atoms with E-state index >= 15 is 0 Å². The molecule has 2 rings (SSSR count). The third kappa shape index (κ3) is 3.08. The second-order valence-corrected chi connectivity index (χ2v) is 5.65. The molecule has 0 bridgehead atoms. The Morgan fingerprint density at radius 1 is 1.38 bits per heavy atom. The Kier molecular flexibility index (Phi) is 3.99. The number of hydrogen-bond donors (Lipinski definition) is 1. The lowest BCUT2D eigenvalue weighted by Crippen LogP contribution is -2.18. The molecule has 1 aliphatic rings.